The first-order chi connectivity index (χ1) is 7.91. The van der Waals surface area contributed by atoms with Crippen LogP contribution in [0.15, 0.2) is 0 Å². The first-order valence-electron chi connectivity index (χ1n) is 6.54. The van der Waals surface area contributed by atoms with Gasteiger partial charge in [0, 0.05) is 5.25 Å². The summed E-state index contributed by atoms with van der Waals surface area (Å²) in [7, 11) is -4.12. The molecule has 0 aliphatic rings. The average Bonchev–Trinajstić information content (AvgIpc) is 2.25. The molecule has 2 atom stereocenters. The molecule has 0 bridgehead atoms. The van der Waals surface area contributed by atoms with Crippen molar-refractivity contribution in [3.05, 3.63) is 0 Å². The van der Waals surface area contributed by atoms with Crippen LogP contribution in [0.25, 0.3) is 0 Å². The molecular weight excluding hydrogens is 263 g/mol. The monoisotopic (exact) mass is 288 g/mol. The molecule has 0 saturated carbocycles. The molecule has 104 valence electrons. The Hall–Kier alpha value is 0.870. The Kier molecular flexibility index (Phi) is 13.7. The van der Waals surface area contributed by atoms with Gasteiger partial charge in [0.05, 0.1) is 16.2 Å². The molecule has 0 aromatic rings. The van der Waals surface area contributed by atoms with Gasteiger partial charge in [-0.05, 0) is 25.7 Å². The van der Waals surface area contributed by atoms with E-state index >= 15 is 0 Å². The molecule has 2 unspecified atom stereocenters. The van der Waals surface area contributed by atoms with E-state index in [4.69, 9.17) is 0 Å². The Bertz CT molecular complexity index is 280. The van der Waals surface area contributed by atoms with Gasteiger partial charge >= 0.3 is 29.6 Å². The molecule has 6 heteroatoms. The number of rotatable bonds is 10. The van der Waals surface area contributed by atoms with Crippen molar-refractivity contribution < 1.29 is 47.6 Å². The molecule has 0 rings (SSSR count). The largest absolute Gasteiger partial charge is 1.00 e. The summed E-state index contributed by atoms with van der Waals surface area (Å²) in [6.07, 6.45) is 5.94. The maximum absolute atomic E-state index is 10.8. The van der Waals surface area contributed by atoms with Crippen molar-refractivity contribution >= 4 is 10.1 Å². The Morgan fingerprint density at radius 3 is 1.89 bits per heavy atom. The van der Waals surface area contributed by atoms with Crippen LogP contribution in [-0.2, 0) is 10.1 Å². The zero-order valence-electron chi connectivity index (χ0n) is 11.9. The van der Waals surface area contributed by atoms with Gasteiger partial charge in [-0.25, -0.2) is 8.42 Å². The molecule has 0 heterocycles. The van der Waals surface area contributed by atoms with E-state index < -0.39 is 15.4 Å². The van der Waals surface area contributed by atoms with E-state index in [2.05, 4.69) is 0 Å². The fourth-order valence-electron chi connectivity index (χ4n) is 1.86. The van der Waals surface area contributed by atoms with Crippen LogP contribution in [0, 0.1) is 0 Å². The van der Waals surface area contributed by atoms with Crippen molar-refractivity contribution in [2.45, 2.75) is 76.6 Å². The number of aliphatic hydroxyl groups excluding tert-OH is 1. The second kappa shape index (κ2) is 11.7. The molecule has 0 fully saturated rings. The van der Waals surface area contributed by atoms with E-state index in [0.717, 1.165) is 38.5 Å². The van der Waals surface area contributed by atoms with Crippen LogP contribution in [-0.4, -0.2) is 29.4 Å². The molecule has 18 heavy (non-hydrogen) atoms. The van der Waals surface area contributed by atoms with E-state index in [-0.39, 0.29) is 35.7 Å². The second-order valence-electron chi connectivity index (χ2n) is 4.58. The van der Waals surface area contributed by atoms with Gasteiger partial charge in [0.15, 0.2) is 0 Å². The first kappa shape index (κ1) is 21.2. The molecule has 1 N–H and O–H groups in total. The summed E-state index contributed by atoms with van der Waals surface area (Å²) in [6.45, 7) is 3.69. The number of unbranched alkanes of at least 4 members (excludes halogenated alkanes) is 3. The van der Waals surface area contributed by atoms with Crippen LogP contribution in [0.3, 0.4) is 0 Å². The predicted octanol–water partition coefficient (Wildman–Crippen LogP) is -0.574. The molecule has 0 aliphatic heterocycles. The Labute approximate surface area is 134 Å². The van der Waals surface area contributed by atoms with Crippen molar-refractivity contribution in [2.24, 2.45) is 0 Å². The summed E-state index contributed by atoms with van der Waals surface area (Å²) in [5.41, 5.74) is 0. The predicted molar refractivity (Wildman–Crippen MR) is 67.8 cm³/mol. The summed E-state index contributed by atoms with van der Waals surface area (Å²) >= 11 is 0. The summed E-state index contributed by atoms with van der Waals surface area (Å²) in [5.74, 6) is 0. The zero-order chi connectivity index (χ0) is 13.3. The fraction of sp³-hybridized carbons (Fsp3) is 1.00. The van der Waals surface area contributed by atoms with Gasteiger partial charge in [0.25, 0.3) is 0 Å². The van der Waals surface area contributed by atoms with Gasteiger partial charge < -0.3 is 9.66 Å². The number of hydrogen-bond donors (Lipinski definition) is 1. The molecule has 0 saturated heterocycles. The van der Waals surface area contributed by atoms with E-state index in [1.54, 1.807) is 6.92 Å². The van der Waals surface area contributed by atoms with Crippen LogP contribution in [0.2, 0.25) is 0 Å². The fourth-order valence-corrected chi connectivity index (χ4v) is 2.73. The Morgan fingerprint density at radius 1 is 1.00 bits per heavy atom. The van der Waals surface area contributed by atoms with Crippen LogP contribution in [0.1, 0.15) is 65.2 Å². The van der Waals surface area contributed by atoms with Gasteiger partial charge in [-0.15, -0.1) is 0 Å². The topological polar surface area (TPSA) is 77.4 Å². The van der Waals surface area contributed by atoms with Gasteiger partial charge in [0.2, 0.25) is 0 Å². The van der Waals surface area contributed by atoms with Crippen molar-refractivity contribution in [1.29, 1.82) is 0 Å². The van der Waals surface area contributed by atoms with Gasteiger partial charge in [0.1, 0.15) is 0 Å². The van der Waals surface area contributed by atoms with Crippen molar-refractivity contribution in [2.75, 3.05) is 0 Å². The summed E-state index contributed by atoms with van der Waals surface area (Å²) < 4.78 is 32.5. The van der Waals surface area contributed by atoms with Crippen LogP contribution in [0.4, 0.5) is 0 Å². The smallest absolute Gasteiger partial charge is 0.748 e. The number of hydrogen-bond acceptors (Lipinski definition) is 4. The molecular formula is C12H25NaO4S. The van der Waals surface area contributed by atoms with Crippen molar-refractivity contribution in [3.8, 4) is 0 Å². The maximum Gasteiger partial charge on any atom is 1.00 e. The molecule has 0 spiro atoms. The molecule has 4 nitrogen and oxygen atoms in total. The summed E-state index contributed by atoms with van der Waals surface area (Å²) in [4.78, 5) is 0. The van der Waals surface area contributed by atoms with E-state index in [1.165, 1.54) is 0 Å². The van der Waals surface area contributed by atoms with Gasteiger partial charge in [-0.3, -0.25) is 0 Å². The van der Waals surface area contributed by atoms with Crippen LogP contribution >= 0.6 is 0 Å². The van der Waals surface area contributed by atoms with Crippen molar-refractivity contribution in [1.82, 2.24) is 0 Å². The third kappa shape index (κ3) is 10.8. The number of aliphatic hydroxyl groups is 1. The molecule has 0 aromatic carbocycles. The summed E-state index contributed by atoms with van der Waals surface area (Å²) in [5, 5.41) is 8.61. The Balaban J connectivity index is 0. The van der Waals surface area contributed by atoms with Gasteiger partial charge in [-0.1, -0.05) is 39.5 Å². The zero-order valence-corrected chi connectivity index (χ0v) is 14.7. The van der Waals surface area contributed by atoms with Crippen LogP contribution in [0.5, 0.6) is 0 Å². The third-order valence-electron chi connectivity index (χ3n) is 3.15. The average molecular weight is 288 g/mol. The van der Waals surface area contributed by atoms with Crippen LogP contribution < -0.4 is 29.6 Å². The van der Waals surface area contributed by atoms with E-state index in [1.807, 2.05) is 6.92 Å². The quantitative estimate of drug-likeness (QED) is 0.332. The molecule has 0 aromatic heterocycles. The van der Waals surface area contributed by atoms with E-state index in [0.29, 0.717) is 12.8 Å². The molecule has 0 radical (unpaired) electrons. The minimum atomic E-state index is -4.12. The Morgan fingerprint density at radius 2 is 1.50 bits per heavy atom. The molecule has 0 aliphatic carbocycles. The SMILES string of the molecule is CCC(O)CCCCCCC(CC)S(=O)(=O)[O-].[Na+]. The summed E-state index contributed by atoms with van der Waals surface area (Å²) in [6, 6.07) is 0. The second-order valence-corrected chi connectivity index (χ2v) is 6.23. The van der Waals surface area contributed by atoms with E-state index in [9.17, 15) is 18.1 Å². The van der Waals surface area contributed by atoms with Crippen molar-refractivity contribution in [3.63, 3.8) is 0 Å². The minimum absolute atomic E-state index is 0. The minimum Gasteiger partial charge on any atom is -0.748 e. The standard InChI is InChI=1S/C12H26O4S.Na/c1-3-11(13)9-7-5-6-8-10-12(4-2)17(14,15)16;/h11-13H,3-10H2,1-2H3,(H,14,15,16);/q;+1/p-1. The normalized spacial score (nSPS) is 14.9. The third-order valence-corrected chi connectivity index (χ3v) is 4.53. The first-order valence-corrected chi connectivity index (χ1v) is 8.01. The maximum atomic E-state index is 10.8. The molecule has 0 amide bonds. The van der Waals surface area contributed by atoms with Gasteiger partial charge in [-0.2, -0.15) is 0 Å².